The van der Waals surface area contributed by atoms with E-state index in [1.807, 2.05) is 0 Å². The second-order valence-corrected chi connectivity index (χ2v) is 5.89. The van der Waals surface area contributed by atoms with Crippen LogP contribution in [-0.2, 0) is 10.2 Å². The van der Waals surface area contributed by atoms with Crippen LogP contribution in [0.1, 0.15) is 18.5 Å². The molecule has 1 fully saturated rings. The summed E-state index contributed by atoms with van der Waals surface area (Å²) < 4.78 is 40.1. The highest BCUT2D eigenvalue weighted by Crippen LogP contribution is 2.49. The molecular formula is C18H15F3N4O. The molecular weight excluding hydrogens is 345 g/mol. The number of hydrogen-bond donors (Lipinski definition) is 2. The van der Waals surface area contributed by atoms with E-state index in [1.54, 1.807) is 0 Å². The quantitative estimate of drug-likeness (QED) is 0.634. The van der Waals surface area contributed by atoms with Gasteiger partial charge in [-0.2, -0.15) is 4.99 Å². The van der Waals surface area contributed by atoms with Crippen molar-refractivity contribution in [3.05, 3.63) is 72.0 Å². The highest BCUT2D eigenvalue weighted by molar-refractivity contribution is 6.04. The Morgan fingerprint density at radius 1 is 1.23 bits per heavy atom. The average molecular weight is 360 g/mol. The Balaban J connectivity index is 1.69. The zero-order valence-electron chi connectivity index (χ0n) is 13.5. The molecule has 0 bridgehead atoms. The molecule has 0 saturated heterocycles. The van der Waals surface area contributed by atoms with E-state index in [2.05, 4.69) is 15.3 Å². The van der Waals surface area contributed by atoms with Crippen molar-refractivity contribution in [2.24, 2.45) is 10.7 Å². The molecule has 0 unspecified atom stereocenters. The van der Waals surface area contributed by atoms with E-state index in [1.165, 1.54) is 30.6 Å². The Kier molecular flexibility index (Phi) is 4.75. The summed E-state index contributed by atoms with van der Waals surface area (Å²) in [5, 5.41) is 2.62. The van der Waals surface area contributed by atoms with Gasteiger partial charge >= 0.3 is 0 Å². The summed E-state index contributed by atoms with van der Waals surface area (Å²) in [6, 6.07) is 5.62. The Morgan fingerprint density at radius 3 is 2.54 bits per heavy atom. The molecule has 3 N–H and O–H groups in total. The molecule has 1 aromatic heterocycles. The van der Waals surface area contributed by atoms with Crippen LogP contribution in [0.15, 0.2) is 53.8 Å². The van der Waals surface area contributed by atoms with Gasteiger partial charge in [-0.25, -0.2) is 13.2 Å². The maximum Gasteiger partial charge on any atom is 0.259 e. The molecule has 1 aromatic carbocycles. The molecule has 1 heterocycles. The number of halogens is 3. The van der Waals surface area contributed by atoms with Crippen LogP contribution in [0.4, 0.5) is 18.9 Å². The predicted octanol–water partition coefficient (Wildman–Crippen LogP) is 3.04. The maximum absolute atomic E-state index is 13.9. The van der Waals surface area contributed by atoms with E-state index in [0.717, 1.165) is 18.2 Å². The van der Waals surface area contributed by atoms with Crippen molar-refractivity contribution in [2.45, 2.75) is 18.3 Å². The largest absolute Gasteiger partial charge is 0.384 e. The molecule has 1 aliphatic carbocycles. The molecule has 134 valence electrons. The number of nitrogens with zero attached hydrogens (tertiary/aromatic N) is 2. The van der Waals surface area contributed by atoms with Crippen LogP contribution in [0, 0.1) is 17.5 Å². The second kappa shape index (κ2) is 6.99. The first-order chi connectivity index (χ1) is 12.4. The number of nitrogens with two attached hydrogens (primary N) is 1. The summed E-state index contributed by atoms with van der Waals surface area (Å²) in [5.41, 5.74) is 4.85. The lowest BCUT2D eigenvalue weighted by atomic mass is 10.0. The lowest BCUT2D eigenvalue weighted by molar-refractivity contribution is -0.120. The zero-order chi connectivity index (χ0) is 18.7. The van der Waals surface area contributed by atoms with Crippen LogP contribution < -0.4 is 11.1 Å². The van der Waals surface area contributed by atoms with Gasteiger partial charge in [0, 0.05) is 24.2 Å². The van der Waals surface area contributed by atoms with Gasteiger partial charge in [-0.05, 0) is 43.2 Å². The molecule has 26 heavy (non-hydrogen) atoms. The number of carbonyl (C=O) groups is 1. The predicted molar refractivity (Wildman–Crippen MR) is 90.9 cm³/mol. The number of benzene rings is 1. The number of aromatic nitrogens is 1. The van der Waals surface area contributed by atoms with Crippen LogP contribution in [0.5, 0.6) is 0 Å². The normalized spacial score (nSPS) is 15.9. The van der Waals surface area contributed by atoms with Gasteiger partial charge in [0.25, 0.3) is 5.91 Å². The van der Waals surface area contributed by atoms with Gasteiger partial charge < -0.3 is 11.1 Å². The van der Waals surface area contributed by atoms with Crippen molar-refractivity contribution in [2.75, 3.05) is 5.32 Å². The topological polar surface area (TPSA) is 80.4 Å². The molecule has 3 rings (SSSR count). The number of aliphatic imine (C=N–C) groups is 1. The zero-order valence-corrected chi connectivity index (χ0v) is 13.5. The van der Waals surface area contributed by atoms with Gasteiger partial charge in [0.15, 0.2) is 0 Å². The van der Waals surface area contributed by atoms with E-state index in [4.69, 9.17) is 5.73 Å². The van der Waals surface area contributed by atoms with Crippen LogP contribution in [0.25, 0.3) is 0 Å². The van der Waals surface area contributed by atoms with Crippen LogP contribution in [0.3, 0.4) is 0 Å². The van der Waals surface area contributed by atoms with E-state index in [0.29, 0.717) is 12.8 Å². The SMILES string of the molecule is NC(/C=C\Nc1cc(F)cc(F)c1)=NC(=O)C1(c2ncccc2F)CC1. The van der Waals surface area contributed by atoms with Crippen LogP contribution in [-0.4, -0.2) is 16.7 Å². The summed E-state index contributed by atoms with van der Waals surface area (Å²) in [6.45, 7) is 0. The first-order valence-electron chi connectivity index (χ1n) is 7.79. The van der Waals surface area contributed by atoms with E-state index >= 15 is 0 Å². The minimum atomic E-state index is -1.07. The third-order valence-electron chi connectivity index (χ3n) is 3.97. The Hall–Kier alpha value is -3.16. The smallest absolute Gasteiger partial charge is 0.259 e. The Morgan fingerprint density at radius 2 is 1.92 bits per heavy atom. The Labute approximate surface area is 147 Å². The first-order valence-corrected chi connectivity index (χ1v) is 7.79. The van der Waals surface area contributed by atoms with Crippen LogP contribution in [0.2, 0.25) is 0 Å². The van der Waals surface area contributed by atoms with Crippen molar-refractivity contribution in [1.29, 1.82) is 0 Å². The summed E-state index contributed by atoms with van der Waals surface area (Å²) in [5.74, 6) is -2.72. The van der Waals surface area contributed by atoms with Gasteiger partial charge in [-0.1, -0.05) is 0 Å². The molecule has 0 spiro atoms. The lowest BCUT2D eigenvalue weighted by Gasteiger charge is -2.11. The van der Waals surface area contributed by atoms with Crippen molar-refractivity contribution in [1.82, 2.24) is 4.98 Å². The highest BCUT2D eigenvalue weighted by atomic mass is 19.1. The summed E-state index contributed by atoms with van der Waals surface area (Å²) >= 11 is 0. The highest BCUT2D eigenvalue weighted by Gasteiger charge is 2.54. The summed E-state index contributed by atoms with van der Waals surface area (Å²) in [4.78, 5) is 20.1. The van der Waals surface area contributed by atoms with Crippen molar-refractivity contribution in [3.63, 3.8) is 0 Å². The maximum atomic E-state index is 13.9. The van der Waals surface area contributed by atoms with Gasteiger partial charge in [0.1, 0.15) is 23.3 Å². The van der Waals surface area contributed by atoms with Crippen molar-refractivity contribution in [3.8, 4) is 0 Å². The monoisotopic (exact) mass is 360 g/mol. The van der Waals surface area contributed by atoms with Gasteiger partial charge in [-0.15, -0.1) is 0 Å². The standard InChI is InChI=1S/C18H15F3N4O/c19-11-8-12(20)10-13(9-11)23-7-3-15(22)25-17(26)18(4-5-18)16-14(21)2-1-6-24-16/h1-3,6-10,23H,4-5H2,(H2,22,25,26)/b7-3-. The average Bonchev–Trinajstić information content (AvgIpc) is 3.36. The summed E-state index contributed by atoms with van der Waals surface area (Å²) in [7, 11) is 0. The molecule has 8 heteroatoms. The van der Waals surface area contributed by atoms with E-state index < -0.39 is 28.8 Å². The number of amidine groups is 1. The molecule has 0 radical (unpaired) electrons. The molecule has 1 saturated carbocycles. The fourth-order valence-electron chi connectivity index (χ4n) is 2.54. The number of nitrogens with one attached hydrogen (secondary N) is 1. The lowest BCUT2D eigenvalue weighted by Crippen LogP contribution is -2.24. The van der Waals surface area contributed by atoms with Gasteiger partial charge in [0.05, 0.1) is 11.1 Å². The van der Waals surface area contributed by atoms with Gasteiger partial charge in [0.2, 0.25) is 0 Å². The molecule has 1 aliphatic rings. The number of rotatable bonds is 5. The first kappa shape index (κ1) is 17.7. The molecule has 0 aliphatic heterocycles. The summed E-state index contributed by atoms with van der Waals surface area (Å²) in [6.07, 6.45) is 4.87. The molecule has 1 amide bonds. The molecule has 0 atom stereocenters. The minimum Gasteiger partial charge on any atom is -0.384 e. The molecule has 2 aromatic rings. The van der Waals surface area contributed by atoms with Crippen molar-refractivity contribution < 1.29 is 18.0 Å². The van der Waals surface area contributed by atoms with E-state index in [-0.39, 0.29) is 17.2 Å². The van der Waals surface area contributed by atoms with Crippen LogP contribution >= 0.6 is 0 Å². The number of amides is 1. The Bertz CT molecular complexity index is 887. The number of anilines is 1. The fraction of sp³-hybridized carbons (Fsp3) is 0.167. The third-order valence-corrected chi connectivity index (χ3v) is 3.97. The van der Waals surface area contributed by atoms with Gasteiger partial charge in [-0.3, -0.25) is 9.78 Å². The van der Waals surface area contributed by atoms with E-state index in [9.17, 15) is 18.0 Å². The molecule has 5 nitrogen and oxygen atoms in total. The second-order valence-electron chi connectivity index (χ2n) is 5.89. The number of carbonyl (C=O) groups excluding carboxylic acids is 1. The third kappa shape index (κ3) is 3.74. The number of hydrogen-bond acceptors (Lipinski definition) is 3. The number of pyridine rings is 1. The van der Waals surface area contributed by atoms with Crippen molar-refractivity contribution >= 4 is 17.4 Å². The fourth-order valence-corrected chi connectivity index (χ4v) is 2.54. The minimum absolute atomic E-state index is 0.0684.